The zero-order chi connectivity index (χ0) is 14.7. The Bertz CT molecular complexity index is 601. The number of para-hydroxylation sites is 1. The Kier molecular flexibility index (Phi) is 4.80. The molecule has 5 heteroatoms. The fourth-order valence-electron chi connectivity index (χ4n) is 2.82. The second kappa shape index (κ2) is 6.79. The summed E-state index contributed by atoms with van der Waals surface area (Å²) in [4.78, 5) is 3.80. The molecule has 1 saturated heterocycles. The first-order valence-electron chi connectivity index (χ1n) is 7.08. The van der Waals surface area contributed by atoms with Gasteiger partial charge in [-0.1, -0.05) is 29.8 Å². The zero-order valence-electron chi connectivity index (χ0n) is 12.0. The molecule has 0 saturated carbocycles. The van der Waals surface area contributed by atoms with Crippen molar-refractivity contribution < 1.29 is 4.74 Å². The van der Waals surface area contributed by atoms with Crippen molar-refractivity contribution in [1.82, 2.24) is 10.2 Å². The van der Waals surface area contributed by atoms with E-state index in [4.69, 9.17) is 16.3 Å². The molecule has 2 heterocycles. The summed E-state index contributed by atoms with van der Waals surface area (Å²) >= 11 is 7.76. The van der Waals surface area contributed by atoms with Crippen LogP contribution in [-0.4, -0.2) is 31.6 Å². The van der Waals surface area contributed by atoms with Crippen LogP contribution in [0.1, 0.15) is 16.5 Å². The number of hydrogen-bond acceptors (Lipinski definition) is 4. The molecule has 1 aliphatic rings. The van der Waals surface area contributed by atoms with Gasteiger partial charge in [-0.2, -0.15) is 0 Å². The Morgan fingerprint density at radius 1 is 1.43 bits per heavy atom. The van der Waals surface area contributed by atoms with Gasteiger partial charge < -0.3 is 10.1 Å². The van der Waals surface area contributed by atoms with Gasteiger partial charge in [0.05, 0.1) is 18.2 Å². The van der Waals surface area contributed by atoms with Gasteiger partial charge in [0, 0.05) is 42.0 Å². The van der Waals surface area contributed by atoms with Crippen molar-refractivity contribution in [3.63, 3.8) is 0 Å². The first-order chi connectivity index (χ1) is 10.3. The molecule has 1 aromatic carbocycles. The summed E-state index contributed by atoms with van der Waals surface area (Å²) in [5.74, 6) is 0.959. The van der Waals surface area contributed by atoms with Crippen molar-refractivity contribution in [2.24, 2.45) is 0 Å². The van der Waals surface area contributed by atoms with Crippen molar-refractivity contribution >= 4 is 22.9 Å². The molecule has 1 unspecified atom stereocenters. The topological polar surface area (TPSA) is 24.5 Å². The van der Waals surface area contributed by atoms with Crippen LogP contribution in [0.4, 0.5) is 0 Å². The Hall–Kier alpha value is -1.07. The predicted octanol–water partition coefficient (Wildman–Crippen LogP) is 3.56. The van der Waals surface area contributed by atoms with Crippen LogP contribution in [0.3, 0.4) is 0 Å². The molecule has 21 heavy (non-hydrogen) atoms. The van der Waals surface area contributed by atoms with Gasteiger partial charge in [-0.25, -0.2) is 0 Å². The van der Waals surface area contributed by atoms with Crippen LogP contribution in [0.25, 0.3) is 0 Å². The number of hydrogen-bond donors (Lipinski definition) is 1. The molecule has 2 aromatic rings. The van der Waals surface area contributed by atoms with E-state index >= 15 is 0 Å². The molecule has 0 aliphatic carbocycles. The highest BCUT2D eigenvalue weighted by atomic mass is 35.5. The average molecular weight is 323 g/mol. The van der Waals surface area contributed by atoms with Gasteiger partial charge in [-0.15, -0.1) is 11.3 Å². The summed E-state index contributed by atoms with van der Waals surface area (Å²) in [6, 6.07) is 10.7. The maximum Gasteiger partial charge on any atom is 0.123 e. The highest BCUT2D eigenvalue weighted by molar-refractivity contribution is 7.10. The van der Waals surface area contributed by atoms with Crippen LogP contribution in [0, 0.1) is 0 Å². The summed E-state index contributed by atoms with van der Waals surface area (Å²) in [6.07, 6.45) is 0. The SMILES string of the molecule is COc1ccccc1C1CNCCN1Cc1cc(Cl)cs1. The first kappa shape index (κ1) is 14.9. The van der Waals surface area contributed by atoms with Gasteiger partial charge in [0.2, 0.25) is 0 Å². The molecule has 0 spiro atoms. The Morgan fingerprint density at radius 2 is 2.29 bits per heavy atom. The molecule has 3 nitrogen and oxygen atoms in total. The van der Waals surface area contributed by atoms with Gasteiger partial charge in [-0.05, 0) is 12.1 Å². The number of nitrogens with zero attached hydrogens (tertiary/aromatic N) is 1. The third-order valence-electron chi connectivity index (χ3n) is 3.83. The molecule has 1 aromatic heterocycles. The lowest BCUT2D eigenvalue weighted by atomic mass is 10.0. The lowest BCUT2D eigenvalue weighted by molar-refractivity contribution is 0.152. The standard InChI is InChI=1S/C16H19ClN2OS/c1-20-16-5-3-2-4-14(16)15-9-18-6-7-19(15)10-13-8-12(17)11-21-13/h2-5,8,11,15,18H,6-7,9-10H2,1H3. The van der Waals surface area contributed by atoms with Crippen molar-refractivity contribution in [3.05, 3.63) is 51.2 Å². The van der Waals surface area contributed by atoms with Crippen molar-refractivity contribution in [3.8, 4) is 5.75 Å². The minimum atomic E-state index is 0.329. The number of ether oxygens (including phenoxy) is 1. The van der Waals surface area contributed by atoms with E-state index < -0.39 is 0 Å². The average Bonchev–Trinajstić information content (AvgIpc) is 2.93. The minimum absolute atomic E-state index is 0.329. The van der Waals surface area contributed by atoms with Crippen LogP contribution >= 0.6 is 22.9 Å². The monoisotopic (exact) mass is 322 g/mol. The van der Waals surface area contributed by atoms with Crippen LogP contribution in [-0.2, 0) is 6.54 Å². The van der Waals surface area contributed by atoms with Gasteiger partial charge in [0.1, 0.15) is 5.75 Å². The summed E-state index contributed by atoms with van der Waals surface area (Å²) in [5, 5.41) is 6.32. The van der Waals surface area contributed by atoms with Crippen molar-refractivity contribution in [2.45, 2.75) is 12.6 Å². The fourth-order valence-corrected chi connectivity index (χ4v) is 3.92. The number of rotatable bonds is 4. The second-order valence-corrected chi connectivity index (χ2v) is 6.60. The minimum Gasteiger partial charge on any atom is -0.496 e. The lowest BCUT2D eigenvalue weighted by Gasteiger charge is -2.36. The van der Waals surface area contributed by atoms with E-state index in [2.05, 4.69) is 28.4 Å². The number of thiophene rings is 1. The summed E-state index contributed by atoms with van der Waals surface area (Å²) < 4.78 is 5.53. The molecule has 0 amide bonds. The molecule has 1 fully saturated rings. The number of piperazine rings is 1. The van der Waals surface area contributed by atoms with Gasteiger partial charge >= 0.3 is 0 Å². The third-order valence-corrected chi connectivity index (χ3v) is 5.10. The van der Waals surface area contributed by atoms with Crippen molar-refractivity contribution in [1.29, 1.82) is 0 Å². The van der Waals surface area contributed by atoms with Gasteiger partial charge in [0.15, 0.2) is 0 Å². The molecule has 1 aliphatic heterocycles. The van der Waals surface area contributed by atoms with E-state index in [-0.39, 0.29) is 0 Å². The largest absolute Gasteiger partial charge is 0.496 e. The fraction of sp³-hybridized carbons (Fsp3) is 0.375. The highest BCUT2D eigenvalue weighted by Crippen LogP contribution is 2.32. The Morgan fingerprint density at radius 3 is 3.05 bits per heavy atom. The Balaban J connectivity index is 1.84. The molecule has 1 N–H and O–H groups in total. The normalized spacial score (nSPS) is 19.6. The third kappa shape index (κ3) is 3.40. The van der Waals surface area contributed by atoms with E-state index in [9.17, 15) is 0 Å². The van der Waals surface area contributed by atoms with E-state index in [1.165, 1.54) is 10.4 Å². The Labute approximate surface area is 134 Å². The number of nitrogens with one attached hydrogen (secondary N) is 1. The van der Waals surface area contributed by atoms with E-state index in [0.29, 0.717) is 6.04 Å². The number of halogens is 1. The quantitative estimate of drug-likeness (QED) is 0.931. The molecule has 0 radical (unpaired) electrons. The maximum atomic E-state index is 6.04. The molecule has 112 valence electrons. The van der Waals surface area contributed by atoms with Gasteiger partial charge in [-0.3, -0.25) is 4.90 Å². The molecule has 3 rings (SSSR count). The van der Waals surface area contributed by atoms with Crippen molar-refractivity contribution in [2.75, 3.05) is 26.7 Å². The molecule has 1 atom stereocenters. The first-order valence-corrected chi connectivity index (χ1v) is 8.34. The molecular weight excluding hydrogens is 304 g/mol. The molecular formula is C16H19ClN2OS. The van der Waals surface area contributed by atoms with Gasteiger partial charge in [0.25, 0.3) is 0 Å². The summed E-state index contributed by atoms with van der Waals surface area (Å²) in [6.45, 7) is 3.92. The van der Waals surface area contributed by atoms with E-state index in [1.807, 2.05) is 17.5 Å². The van der Waals surface area contributed by atoms with Crippen LogP contribution in [0.5, 0.6) is 5.75 Å². The lowest BCUT2D eigenvalue weighted by Crippen LogP contribution is -2.45. The zero-order valence-corrected chi connectivity index (χ0v) is 13.6. The smallest absolute Gasteiger partial charge is 0.123 e. The molecule has 0 bridgehead atoms. The van der Waals surface area contributed by atoms with E-state index in [0.717, 1.165) is 37.0 Å². The van der Waals surface area contributed by atoms with Crippen LogP contribution < -0.4 is 10.1 Å². The number of methoxy groups -OCH3 is 1. The summed E-state index contributed by atoms with van der Waals surface area (Å²) in [5.41, 5.74) is 1.25. The highest BCUT2D eigenvalue weighted by Gasteiger charge is 2.26. The van der Waals surface area contributed by atoms with Crippen LogP contribution in [0.15, 0.2) is 35.7 Å². The number of benzene rings is 1. The van der Waals surface area contributed by atoms with E-state index in [1.54, 1.807) is 18.4 Å². The van der Waals surface area contributed by atoms with Crippen LogP contribution in [0.2, 0.25) is 5.02 Å². The second-order valence-electron chi connectivity index (χ2n) is 5.16. The maximum absolute atomic E-state index is 6.04. The summed E-state index contributed by atoms with van der Waals surface area (Å²) in [7, 11) is 1.73. The predicted molar refractivity (Wildman–Crippen MR) is 88.3 cm³/mol.